The highest BCUT2D eigenvalue weighted by Gasteiger charge is 2.41. The fourth-order valence-electron chi connectivity index (χ4n) is 2.77. The fraction of sp³-hybridized carbons (Fsp3) is 0.625. The zero-order valence-corrected chi connectivity index (χ0v) is 13.6. The Hall–Kier alpha value is -0.910. The van der Waals surface area contributed by atoms with Crippen LogP contribution in [0, 0.1) is 19.8 Å². The van der Waals surface area contributed by atoms with Gasteiger partial charge < -0.3 is 5.73 Å². The first-order valence-corrected chi connectivity index (χ1v) is 9.19. The maximum Gasteiger partial charge on any atom is 0.243 e. The van der Waals surface area contributed by atoms with Gasteiger partial charge in [-0.1, -0.05) is 6.07 Å². The van der Waals surface area contributed by atoms with Crippen molar-refractivity contribution in [3.63, 3.8) is 0 Å². The van der Waals surface area contributed by atoms with Gasteiger partial charge >= 0.3 is 0 Å². The minimum absolute atomic E-state index is 0.219. The third-order valence-corrected chi connectivity index (χ3v) is 6.64. The average molecular weight is 308 g/mol. The van der Waals surface area contributed by atoms with Gasteiger partial charge in [0.1, 0.15) is 0 Å². The third-order valence-electron chi connectivity index (χ3n) is 4.59. The van der Waals surface area contributed by atoms with Gasteiger partial charge in [0.25, 0.3) is 0 Å². The second-order valence-electron chi connectivity index (χ2n) is 6.49. The van der Waals surface area contributed by atoms with Crippen molar-refractivity contribution in [2.45, 2.75) is 57.0 Å². The molecule has 1 aromatic carbocycles. The summed E-state index contributed by atoms with van der Waals surface area (Å²) in [7, 11) is -3.40. The quantitative estimate of drug-likeness (QED) is 0.877. The molecule has 3 rings (SSSR count). The lowest BCUT2D eigenvalue weighted by Crippen LogP contribution is -2.35. The van der Waals surface area contributed by atoms with Gasteiger partial charge in [-0.05, 0) is 68.2 Å². The summed E-state index contributed by atoms with van der Waals surface area (Å²) in [6.45, 7) is 4.91. The smallest absolute Gasteiger partial charge is 0.243 e. The van der Waals surface area contributed by atoms with Crippen molar-refractivity contribution in [3.05, 3.63) is 28.8 Å². The van der Waals surface area contributed by atoms with Crippen molar-refractivity contribution in [2.24, 2.45) is 11.7 Å². The topological polar surface area (TPSA) is 63.4 Å². The number of sulfonamides is 1. The molecule has 0 unspecified atom stereocenters. The standard InChI is InChI=1S/C16H24N2O2S/c1-11-7-14(9-17)8-16(12(11)2)21(19,20)18(15-5-6-15)10-13-3-4-13/h7-8,13,15H,3-6,9-10,17H2,1-2H3. The van der Waals surface area contributed by atoms with E-state index in [-0.39, 0.29) is 6.04 Å². The molecule has 0 spiro atoms. The summed E-state index contributed by atoms with van der Waals surface area (Å²) >= 11 is 0. The van der Waals surface area contributed by atoms with Crippen LogP contribution in [0.15, 0.2) is 17.0 Å². The second-order valence-corrected chi connectivity index (χ2v) is 8.35. The molecule has 0 bridgehead atoms. The van der Waals surface area contributed by atoms with Crippen LogP contribution in [0.3, 0.4) is 0 Å². The predicted octanol–water partition coefficient (Wildman–Crippen LogP) is 2.33. The van der Waals surface area contributed by atoms with Crippen molar-refractivity contribution in [1.29, 1.82) is 0 Å². The second kappa shape index (κ2) is 5.38. The van der Waals surface area contributed by atoms with Gasteiger partial charge in [-0.3, -0.25) is 0 Å². The SMILES string of the molecule is Cc1cc(CN)cc(S(=O)(=O)N(CC2CC2)C2CC2)c1C. The van der Waals surface area contributed by atoms with E-state index in [4.69, 9.17) is 5.73 Å². The Morgan fingerprint density at radius 3 is 2.38 bits per heavy atom. The zero-order valence-electron chi connectivity index (χ0n) is 12.8. The van der Waals surface area contributed by atoms with Crippen LogP contribution in [0.5, 0.6) is 0 Å². The molecule has 0 saturated heterocycles. The Bertz CT molecular complexity index is 646. The van der Waals surface area contributed by atoms with Gasteiger partial charge in [-0.25, -0.2) is 8.42 Å². The van der Waals surface area contributed by atoms with Crippen molar-refractivity contribution < 1.29 is 8.42 Å². The third kappa shape index (κ3) is 3.00. The number of aryl methyl sites for hydroxylation is 1. The predicted molar refractivity (Wildman–Crippen MR) is 83.4 cm³/mol. The maximum absolute atomic E-state index is 13.1. The van der Waals surface area contributed by atoms with Crippen molar-refractivity contribution in [3.8, 4) is 0 Å². The van der Waals surface area contributed by atoms with E-state index in [0.29, 0.717) is 23.9 Å². The zero-order chi connectivity index (χ0) is 15.2. The van der Waals surface area contributed by atoms with E-state index in [1.54, 1.807) is 10.4 Å². The normalized spacial score (nSPS) is 19.2. The van der Waals surface area contributed by atoms with Crippen LogP contribution >= 0.6 is 0 Å². The molecule has 0 amide bonds. The van der Waals surface area contributed by atoms with Crippen LogP contribution in [0.2, 0.25) is 0 Å². The van der Waals surface area contributed by atoms with Crippen molar-refractivity contribution in [2.75, 3.05) is 6.54 Å². The summed E-state index contributed by atoms with van der Waals surface area (Å²) < 4.78 is 28.0. The largest absolute Gasteiger partial charge is 0.326 e. The van der Waals surface area contributed by atoms with Crippen LogP contribution in [0.1, 0.15) is 42.4 Å². The number of nitrogens with zero attached hydrogens (tertiary/aromatic N) is 1. The lowest BCUT2D eigenvalue weighted by atomic mass is 10.1. The fourth-order valence-corrected chi connectivity index (χ4v) is 4.88. The molecule has 0 atom stereocenters. The van der Waals surface area contributed by atoms with E-state index in [1.807, 2.05) is 19.9 Å². The van der Waals surface area contributed by atoms with Crippen molar-refractivity contribution >= 4 is 10.0 Å². The number of hydrogen-bond acceptors (Lipinski definition) is 3. The molecule has 1 aromatic rings. The van der Waals surface area contributed by atoms with Crippen LogP contribution in [-0.4, -0.2) is 25.3 Å². The molecule has 5 heteroatoms. The molecule has 2 saturated carbocycles. The van der Waals surface area contributed by atoms with E-state index in [9.17, 15) is 8.42 Å². The molecule has 0 aliphatic heterocycles. The monoisotopic (exact) mass is 308 g/mol. The van der Waals surface area contributed by atoms with Crippen LogP contribution in [-0.2, 0) is 16.6 Å². The molecular formula is C16H24N2O2S. The van der Waals surface area contributed by atoms with Crippen molar-refractivity contribution in [1.82, 2.24) is 4.31 Å². The first kappa shape index (κ1) is 15.0. The summed E-state index contributed by atoms with van der Waals surface area (Å²) in [5.41, 5.74) is 8.45. The molecule has 2 N–H and O–H groups in total. The molecule has 2 fully saturated rings. The highest BCUT2D eigenvalue weighted by molar-refractivity contribution is 7.89. The molecule has 0 radical (unpaired) electrons. The molecule has 4 nitrogen and oxygen atoms in total. The minimum Gasteiger partial charge on any atom is -0.326 e. The first-order chi connectivity index (χ1) is 9.93. The Labute approximate surface area is 127 Å². The maximum atomic E-state index is 13.1. The van der Waals surface area contributed by atoms with E-state index in [0.717, 1.165) is 29.5 Å². The van der Waals surface area contributed by atoms with Gasteiger partial charge in [0.15, 0.2) is 0 Å². The highest BCUT2D eigenvalue weighted by Crippen LogP contribution is 2.38. The minimum atomic E-state index is -3.40. The summed E-state index contributed by atoms with van der Waals surface area (Å²) in [6, 6.07) is 3.97. The molecule has 0 heterocycles. The Balaban J connectivity index is 2.01. The molecule has 116 valence electrons. The van der Waals surface area contributed by atoms with E-state index in [1.165, 1.54) is 12.8 Å². The molecule has 21 heavy (non-hydrogen) atoms. The summed E-state index contributed by atoms with van der Waals surface area (Å²) in [6.07, 6.45) is 4.33. The highest BCUT2D eigenvalue weighted by atomic mass is 32.2. The first-order valence-electron chi connectivity index (χ1n) is 7.75. The van der Waals surface area contributed by atoms with Gasteiger partial charge in [0.05, 0.1) is 4.90 Å². The Kier molecular flexibility index (Phi) is 3.84. The van der Waals surface area contributed by atoms with E-state index in [2.05, 4.69) is 0 Å². The molecule has 2 aliphatic carbocycles. The molecule has 0 aromatic heterocycles. The summed E-state index contributed by atoms with van der Waals surface area (Å²) in [5, 5.41) is 0. The lowest BCUT2D eigenvalue weighted by molar-refractivity contribution is 0.388. The van der Waals surface area contributed by atoms with Crippen LogP contribution in [0.25, 0.3) is 0 Å². The van der Waals surface area contributed by atoms with E-state index < -0.39 is 10.0 Å². The van der Waals surface area contributed by atoms with Gasteiger partial charge in [0.2, 0.25) is 10.0 Å². The Morgan fingerprint density at radius 2 is 1.86 bits per heavy atom. The van der Waals surface area contributed by atoms with Gasteiger partial charge in [-0.2, -0.15) is 4.31 Å². The number of nitrogens with two attached hydrogens (primary N) is 1. The van der Waals surface area contributed by atoms with E-state index >= 15 is 0 Å². The number of benzene rings is 1. The Morgan fingerprint density at radius 1 is 1.19 bits per heavy atom. The summed E-state index contributed by atoms with van der Waals surface area (Å²) in [4.78, 5) is 0.454. The molecular weight excluding hydrogens is 284 g/mol. The average Bonchev–Trinajstić information content (AvgIpc) is 3.31. The van der Waals surface area contributed by atoms with Gasteiger partial charge in [-0.15, -0.1) is 0 Å². The van der Waals surface area contributed by atoms with Crippen LogP contribution in [0.4, 0.5) is 0 Å². The lowest BCUT2D eigenvalue weighted by Gasteiger charge is -2.24. The van der Waals surface area contributed by atoms with Crippen LogP contribution < -0.4 is 5.73 Å². The number of hydrogen-bond donors (Lipinski definition) is 1. The number of rotatable bonds is 6. The van der Waals surface area contributed by atoms with Gasteiger partial charge in [0, 0.05) is 19.1 Å². The summed E-state index contributed by atoms with van der Waals surface area (Å²) in [5.74, 6) is 0.569. The molecule has 2 aliphatic rings.